The van der Waals surface area contributed by atoms with Crippen LogP contribution >= 0.6 is 11.3 Å². The van der Waals surface area contributed by atoms with E-state index in [-0.39, 0.29) is 18.7 Å². The number of hydrogen-bond acceptors (Lipinski definition) is 8. The largest absolute Gasteiger partial charge is 0.396 e. The van der Waals surface area contributed by atoms with Crippen LogP contribution in [0.5, 0.6) is 0 Å². The fourth-order valence-corrected chi connectivity index (χ4v) is 6.48. The maximum Gasteiger partial charge on any atom is 0.225 e. The first-order chi connectivity index (χ1) is 18.0. The number of aromatic nitrogens is 4. The number of rotatable bonds is 8. The fraction of sp³-hybridized carbons (Fsp3) is 0.448. The highest BCUT2D eigenvalue weighted by Gasteiger charge is 2.30. The molecule has 4 aromatic rings. The van der Waals surface area contributed by atoms with E-state index in [1.54, 1.807) is 11.3 Å². The lowest BCUT2D eigenvalue weighted by molar-refractivity contribution is 0.229. The Bertz CT molecular complexity index is 1430. The lowest BCUT2D eigenvalue weighted by Crippen LogP contribution is -2.19. The van der Waals surface area contributed by atoms with Crippen molar-refractivity contribution in [3.63, 3.8) is 0 Å². The number of aliphatic hydroxyl groups excluding tert-OH is 1. The summed E-state index contributed by atoms with van der Waals surface area (Å²) in [5, 5.41) is 17.8. The number of fused-ring (bicyclic) bond motifs is 1. The van der Waals surface area contributed by atoms with Crippen molar-refractivity contribution in [1.29, 1.82) is 0 Å². The van der Waals surface area contributed by atoms with E-state index < -0.39 is 0 Å². The molecule has 6 rings (SSSR count). The maximum atomic E-state index is 9.68. The molecular formula is C29H34N6OS. The molecule has 0 radical (unpaired) electrons. The van der Waals surface area contributed by atoms with Gasteiger partial charge in [0.1, 0.15) is 16.3 Å². The second kappa shape index (κ2) is 9.99. The minimum absolute atomic E-state index is 0.0675. The Balaban J connectivity index is 1.38. The van der Waals surface area contributed by atoms with Gasteiger partial charge < -0.3 is 15.7 Å². The summed E-state index contributed by atoms with van der Waals surface area (Å²) in [5.74, 6) is 2.31. The average Bonchev–Trinajstić information content (AvgIpc) is 3.47. The molecule has 0 aliphatic heterocycles. The van der Waals surface area contributed by atoms with Gasteiger partial charge in [0.15, 0.2) is 0 Å². The lowest BCUT2D eigenvalue weighted by Gasteiger charge is -2.20. The summed E-state index contributed by atoms with van der Waals surface area (Å²) >= 11 is 1.69. The van der Waals surface area contributed by atoms with Gasteiger partial charge in [-0.1, -0.05) is 29.8 Å². The zero-order valence-corrected chi connectivity index (χ0v) is 22.5. The number of thiazole rings is 1. The fourth-order valence-electron chi connectivity index (χ4n) is 5.42. The van der Waals surface area contributed by atoms with E-state index in [1.165, 1.54) is 24.0 Å². The Labute approximate surface area is 221 Å². The Morgan fingerprint density at radius 1 is 1.08 bits per heavy atom. The minimum atomic E-state index is 0.0675. The van der Waals surface area contributed by atoms with Crippen molar-refractivity contribution in [2.75, 3.05) is 17.2 Å². The van der Waals surface area contributed by atoms with E-state index in [0.717, 1.165) is 57.3 Å². The van der Waals surface area contributed by atoms with E-state index in [2.05, 4.69) is 59.8 Å². The molecule has 3 atom stereocenters. The quantitative estimate of drug-likeness (QED) is 0.251. The van der Waals surface area contributed by atoms with Gasteiger partial charge in [0.05, 0.1) is 27.7 Å². The Kier molecular flexibility index (Phi) is 6.55. The topological polar surface area (TPSA) is 95.9 Å². The molecule has 7 nitrogen and oxygen atoms in total. The monoisotopic (exact) mass is 514 g/mol. The van der Waals surface area contributed by atoms with E-state index >= 15 is 0 Å². The van der Waals surface area contributed by atoms with Crippen LogP contribution in [0.25, 0.3) is 20.8 Å². The first-order valence-electron chi connectivity index (χ1n) is 13.3. The highest BCUT2D eigenvalue weighted by molar-refractivity contribution is 7.21. The zero-order chi connectivity index (χ0) is 25.5. The molecule has 0 saturated heterocycles. The SMILES string of the molecule is Cc1cccc([C@@H](C)Nc2nc(C)c(-c3nc4c(C5CC5)nccc4s3)c(NC3CCC(CO)C3)n2)c1. The summed E-state index contributed by atoms with van der Waals surface area (Å²) in [4.78, 5) is 19.7. The van der Waals surface area contributed by atoms with Gasteiger partial charge in [-0.05, 0) is 70.4 Å². The zero-order valence-electron chi connectivity index (χ0n) is 21.7. The smallest absolute Gasteiger partial charge is 0.225 e. The van der Waals surface area contributed by atoms with E-state index in [9.17, 15) is 5.11 Å². The molecule has 0 spiro atoms. The summed E-state index contributed by atoms with van der Waals surface area (Å²) in [6, 6.07) is 10.9. The summed E-state index contributed by atoms with van der Waals surface area (Å²) in [6.45, 7) is 6.53. The first-order valence-corrected chi connectivity index (χ1v) is 14.1. The Hall–Kier alpha value is -3.10. The molecule has 37 heavy (non-hydrogen) atoms. The summed E-state index contributed by atoms with van der Waals surface area (Å²) in [5.41, 5.74) is 6.44. The van der Waals surface area contributed by atoms with Crippen molar-refractivity contribution in [3.8, 4) is 10.6 Å². The molecule has 2 fully saturated rings. The van der Waals surface area contributed by atoms with Crippen molar-refractivity contribution in [3.05, 3.63) is 59.0 Å². The van der Waals surface area contributed by atoms with Crippen LogP contribution in [0.1, 0.15) is 73.5 Å². The first kappa shape index (κ1) is 24.2. The predicted octanol–water partition coefficient (Wildman–Crippen LogP) is 6.39. The van der Waals surface area contributed by atoms with Crippen LogP contribution in [0.15, 0.2) is 36.5 Å². The molecule has 2 saturated carbocycles. The average molecular weight is 515 g/mol. The van der Waals surface area contributed by atoms with E-state index in [0.29, 0.717) is 17.8 Å². The molecule has 3 aromatic heterocycles. The number of hydrogen-bond donors (Lipinski definition) is 3. The second-order valence-electron chi connectivity index (χ2n) is 10.7. The maximum absolute atomic E-state index is 9.68. The Morgan fingerprint density at radius 2 is 1.95 bits per heavy atom. The van der Waals surface area contributed by atoms with Gasteiger partial charge in [0.2, 0.25) is 5.95 Å². The van der Waals surface area contributed by atoms with Crippen molar-refractivity contribution in [1.82, 2.24) is 19.9 Å². The predicted molar refractivity (Wildman–Crippen MR) is 150 cm³/mol. The molecule has 2 aliphatic rings. The van der Waals surface area contributed by atoms with Gasteiger partial charge in [-0.3, -0.25) is 4.98 Å². The third-order valence-corrected chi connectivity index (χ3v) is 8.67. The van der Waals surface area contributed by atoms with Crippen LogP contribution in [0, 0.1) is 19.8 Å². The molecular weight excluding hydrogens is 480 g/mol. The number of pyridine rings is 1. The molecule has 192 valence electrons. The number of nitrogens with zero attached hydrogens (tertiary/aromatic N) is 4. The second-order valence-corrected chi connectivity index (χ2v) is 11.7. The van der Waals surface area contributed by atoms with Gasteiger partial charge in [-0.15, -0.1) is 11.3 Å². The molecule has 0 bridgehead atoms. The number of aryl methyl sites for hydroxylation is 2. The van der Waals surface area contributed by atoms with Crippen molar-refractivity contribution in [2.24, 2.45) is 5.92 Å². The van der Waals surface area contributed by atoms with Gasteiger partial charge in [0.25, 0.3) is 0 Å². The normalized spacial score (nSPS) is 20.3. The lowest BCUT2D eigenvalue weighted by atomic mass is 10.1. The molecule has 1 aromatic carbocycles. The van der Waals surface area contributed by atoms with Crippen molar-refractivity contribution >= 4 is 33.3 Å². The van der Waals surface area contributed by atoms with Crippen LogP contribution in [-0.2, 0) is 0 Å². The number of nitrogens with one attached hydrogen (secondary N) is 2. The molecule has 0 amide bonds. The molecule has 3 N–H and O–H groups in total. The third kappa shape index (κ3) is 5.05. The minimum Gasteiger partial charge on any atom is -0.396 e. The highest BCUT2D eigenvalue weighted by Crippen LogP contribution is 2.44. The van der Waals surface area contributed by atoms with Crippen LogP contribution in [0.2, 0.25) is 0 Å². The van der Waals surface area contributed by atoms with Gasteiger partial charge in [-0.2, -0.15) is 4.98 Å². The van der Waals surface area contributed by atoms with Gasteiger partial charge >= 0.3 is 0 Å². The molecule has 2 aliphatic carbocycles. The van der Waals surface area contributed by atoms with Crippen LogP contribution in [-0.4, -0.2) is 37.7 Å². The standard InChI is InChI=1S/C29H34N6OS/c1-16-5-4-6-21(13-16)17(2)31-29-32-18(3)24(27(35-29)33-22-10-7-19(14-22)15-36)28-34-26-23(37-28)11-12-30-25(26)20-8-9-20/h4-6,11-13,17,19-20,22,36H,7-10,14-15H2,1-3H3,(H2,31,32,33,35)/t17-,19?,22?/m1/s1. The van der Waals surface area contributed by atoms with Gasteiger partial charge in [0, 0.05) is 24.8 Å². The number of aliphatic hydroxyl groups is 1. The highest BCUT2D eigenvalue weighted by atomic mass is 32.1. The van der Waals surface area contributed by atoms with E-state index in [1.807, 2.05) is 13.1 Å². The summed E-state index contributed by atoms with van der Waals surface area (Å²) < 4.78 is 1.16. The van der Waals surface area contributed by atoms with Crippen molar-refractivity contribution in [2.45, 2.75) is 70.9 Å². The van der Waals surface area contributed by atoms with Crippen LogP contribution < -0.4 is 10.6 Å². The molecule has 3 heterocycles. The van der Waals surface area contributed by atoms with Crippen LogP contribution in [0.3, 0.4) is 0 Å². The molecule has 2 unspecified atom stereocenters. The third-order valence-electron chi connectivity index (χ3n) is 7.63. The number of anilines is 2. The van der Waals surface area contributed by atoms with Gasteiger partial charge in [-0.25, -0.2) is 9.97 Å². The van der Waals surface area contributed by atoms with Crippen LogP contribution in [0.4, 0.5) is 11.8 Å². The Morgan fingerprint density at radius 3 is 2.70 bits per heavy atom. The van der Waals surface area contributed by atoms with E-state index in [4.69, 9.17) is 15.0 Å². The molecule has 8 heteroatoms. The summed E-state index contributed by atoms with van der Waals surface area (Å²) in [6.07, 6.45) is 7.29. The summed E-state index contributed by atoms with van der Waals surface area (Å²) in [7, 11) is 0. The van der Waals surface area contributed by atoms with Crippen molar-refractivity contribution < 1.29 is 5.11 Å². The number of benzene rings is 1.